The number of hydrogen-bond donors (Lipinski definition) is 2. The van der Waals surface area contributed by atoms with Gasteiger partial charge in [0.15, 0.2) is 16.7 Å². The molecule has 9 nitrogen and oxygen atoms in total. The van der Waals surface area contributed by atoms with E-state index in [0.717, 1.165) is 5.56 Å². The van der Waals surface area contributed by atoms with Gasteiger partial charge in [-0.2, -0.15) is 4.57 Å². The van der Waals surface area contributed by atoms with Crippen LogP contribution in [0.5, 0.6) is 0 Å². The van der Waals surface area contributed by atoms with Gasteiger partial charge >= 0.3 is 0 Å². The second-order valence-corrected chi connectivity index (χ2v) is 9.73. The third-order valence-electron chi connectivity index (χ3n) is 5.47. The second-order valence-electron chi connectivity index (χ2n) is 7.59. The fraction of sp³-hybridized carbons (Fsp3) is 0.350. The molecule has 2 amide bonds. The van der Waals surface area contributed by atoms with E-state index in [4.69, 9.17) is 5.73 Å². The SMILES string of the molecule is C[C@@H](O)[C@H]1C(=O)N2C(C(=O)[O-])=C(Sc3nc(-c4ccc[n+](CC(N)=O)c4)cs3)[C@H](C)[C@H]12. The zero-order valence-electron chi connectivity index (χ0n) is 16.7. The average Bonchev–Trinajstić information content (AvgIpc) is 3.24. The molecule has 31 heavy (non-hydrogen) atoms. The molecular weight excluding hydrogens is 440 g/mol. The molecule has 162 valence electrons. The standard InChI is InChI=1S/C20H20N4O5S2/c1-9-15-14(10(2)25)18(27)24(15)16(19(28)29)17(9)31-20-22-12(8-30-20)11-4-3-5-23(6-11)7-13(21)26/h3-6,8-10,14-15,25H,7H2,1-2H3,(H2-,21,26,28,29)/t9-,10-,14-,15-/m1/s1. The molecule has 2 aliphatic heterocycles. The van der Waals surface area contributed by atoms with Crippen LogP contribution in [-0.2, 0) is 20.9 Å². The minimum absolute atomic E-state index is 0.0503. The van der Waals surface area contributed by atoms with Crippen LogP contribution in [0.15, 0.2) is 44.8 Å². The lowest BCUT2D eigenvalue weighted by Gasteiger charge is -2.47. The van der Waals surface area contributed by atoms with Crippen LogP contribution in [0, 0.1) is 11.8 Å². The molecule has 0 radical (unpaired) electrons. The number of fused-ring (bicyclic) bond motifs is 1. The molecule has 0 unspecified atom stereocenters. The zero-order chi connectivity index (χ0) is 22.4. The topological polar surface area (TPSA) is 141 Å². The average molecular weight is 461 g/mol. The van der Waals surface area contributed by atoms with Gasteiger partial charge in [0.1, 0.15) is 0 Å². The normalized spacial score (nSPS) is 23.5. The van der Waals surface area contributed by atoms with E-state index in [1.54, 1.807) is 23.0 Å². The predicted molar refractivity (Wildman–Crippen MR) is 110 cm³/mol. The van der Waals surface area contributed by atoms with Crippen molar-refractivity contribution in [2.75, 3.05) is 0 Å². The van der Waals surface area contributed by atoms with Gasteiger partial charge in [0.25, 0.3) is 5.91 Å². The summed E-state index contributed by atoms with van der Waals surface area (Å²) in [7, 11) is 0. The van der Waals surface area contributed by atoms with Crippen molar-refractivity contribution in [3.8, 4) is 11.3 Å². The van der Waals surface area contributed by atoms with Crippen LogP contribution < -0.4 is 15.4 Å². The van der Waals surface area contributed by atoms with Crippen molar-refractivity contribution in [3.63, 3.8) is 0 Å². The Morgan fingerprint density at radius 3 is 2.87 bits per heavy atom. The Labute approximate surface area is 186 Å². The Bertz CT molecular complexity index is 1110. The van der Waals surface area contributed by atoms with Gasteiger partial charge in [-0.25, -0.2) is 4.98 Å². The van der Waals surface area contributed by atoms with E-state index >= 15 is 0 Å². The van der Waals surface area contributed by atoms with Gasteiger partial charge in [0.2, 0.25) is 12.5 Å². The number of β-lactam (4-membered cyclic amide) rings is 1. The van der Waals surface area contributed by atoms with Gasteiger partial charge in [-0.05, 0) is 13.0 Å². The predicted octanol–water partition coefficient (Wildman–Crippen LogP) is -0.506. The lowest BCUT2D eigenvalue weighted by Crippen LogP contribution is -2.64. The number of carbonyl (C=O) groups excluding carboxylic acids is 3. The minimum Gasteiger partial charge on any atom is -0.543 e. The minimum atomic E-state index is -1.42. The number of aliphatic hydroxyl groups excluding tert-OH is 1. The number of aliphatic hydroxyl groups is 1. The number of pyridine rings is 1. The lowest BCUT2D eigenvalue weighted by atomic mass is 9.79. The van der Waals surface area contributed by atoms with Gasteiger partial charge in [-0.3, -0.25) is 9.59 Å². The first kappa shape index (κ1) is 21.5. The number of primary amides is 1. The van der Waals surface area contributed by atoms with Crippen molar-refractivity contribution in [2.45, 2.75) is 36.9 Å². The van der Waals surface area contributed by atoms with Crippen molar-refractivity contribution in [1.82, 2.24) is 9.88 Å². The number of carboxylic acid groups (broad SMARTS) is 1. The van der Waals surface area contributed by atoms with Crippen LogP contribution in [-0.4, -0.2) is 44.9 Å². The highest BCUT2D eigenvalue weighted by molar-refractivity contribution is 8.04. The summed E-state index contributed by atoms with van der Waals surface area (Å²) in [5, 5.41) is 23.6. The summed E-state index contributed by atoms with van der Waals surface area (Å²) < 4.78 is 2.27. The number of nitrogens with zero attached hydrogens (tertiary/aromatic N) is 3. The van der Waals surface area contributed by atoms with E-state index in [1.807, 2.05) is 18.4 Å². The fourth-order valence-corrected chi connectivity index (χ4v) is 6.22. The number of carbonyl (C=O) groups is 3. The smallest absolute Gasteiger partial charge is 0.283 e. The Balaban J connectivity index is 1.60. The van der Waals surface area contributed by atoms with E-state index < -0.39 is 35.8 Å². The van der Waals surface area contributed by atoms with E-state index in [1.165, 1.54) is 34.9 Å². The maximum atomic E-state index is 12.4. The van der Waals surface area contributed by atoms with Crippen LogP contribution in [0.3, 0.4) is 0 Å². The summed E-state index contributed by atoms with van der Waals surface area (Å²) in [6.45, 7) is 3.43. The first-order valence-electron chi connectivity index (χ1n) is 9.56. The molecular formula is C20H20N4O5S2. The third kappa shape index (κ3) is 3.73. The molecule has 0 saturated carbocycles. The van der Waals surface area contributed by atoms with Crippen molar-refractivity contribution >= 4 is 40.9 Å². The van der Waals surface area contributed by atoms with Crippen LogP contribution in [0.4, 0.5) is 0 Å². The number of amides is 2. The van der Waals surface area contributed by atoms with Crippen LogP contribution in [0.25, 0.3) is 11.3 Å². The number of thiazole rings is 1. The van der Waals surface area contributed by atoms with Crippen molar-refractivity contribution in [1.29, 1.82) is 0 Å². The van der Waals surface area contributed by atoms with Gasteiger partial charge in [-0.15, -0.1) is 11.3 Å². The highest BCUT2D eigenvalue weighted by atomic mass is 32.2. The van der Waals surface area contributed by atoms with Gasteiger partial charge in [0, 0.05) is 22.3 Å². The third-order valence-corrected chi connectivity index (χ3v) is 7.70. The van der Waals surface area contributed by atoms with Gasteiger partial charge in [0.05, 0.1) is 41.0 Å². The Kier molecular flexibility index (Phi) is 5.58. The number of aliphatic carboxylic acids is 1. The van der Waals surface area contributed by atoms with Crippen molar-refractivity contribution in [3.05, 3.63) is 40.5 Å². The Hall–Kier alpha value is -2.76. The van der Waals surface area contributed by atoms with Crippen LogP contribution in [0.1, 0.15) is 13.8 Å². The number of aromatic nitrogens is 2. The van der Waals surface area contributed by atoms with E-state index in [2.05, 4.69) is 4.98 Å². The number of carboxylic acids is 1. The molecule has 0 aromatic carbocycles. The molecule has 1 saturated heterocycles. The molecule has 2 aliphatic rings. The number of rotatable bonds is 7. The van der Waals surface area contributed by atoms with Crippen LogP contribution in [0.2, 0.25) is 0 Å². The van der Waals surface area contributed by atoms with Crippen molar-refractivity contribution < 1.29 is 29.2 Å². The Morgan fingerprint density at radius 1 is 1.48 bits per heavy atom. The molecule has 0 aliphatic carbocycles. The summed E-state index contributed by atoms with van der Waals surface area (Å²) >= 11 is 2.55. The highest BCUT2D eigenvalue weighted by Gasteiger charge is 2.58. The van der Waals surface area contributed by atoms with E-state index in [9.17, 15) is 24.6 Å². The summed E-state index contributed by atoms with van der Waals surface area (Å²) in [5.74, 6) is -3.16. The van der Waals surface area contributed by atoms with Crippen molar-refractivity contribution in [2.24, 2.45) is 17.6 Å². The molecule has 3 N–H and O–H groups in total. The number of nitrogens with two attached hydrogens (primary N) is 1. The molecule has 2 aromatic heterocycles. The molecule has 4 atom stereocenters. The fourth-order valence-electron chi connectivity index (χ4n) is 4.13. The summed E-state index contributed by atoms with van der Waals surface area (Å²) in [6.07, 6.45) is 2.63. The largest absolute Gasteiger partial charge is 0.543 e. The van der Waals surface area contributed by atoms with Gasteiger partial charge < -0.3 is 25.6 Å². The van der Waals surface area contributed by atoms with Crippen LogP contribution >= 0.6 is 23.1 Å². The Morgan fingerprint density at radius 2 is 2.23 bits per heavy atom. The summed E-state index contributed by atoms with van der Waals surface area (Å²) in [6, 6.07) is 3.24. The van der Waals surface area contributed by atoms with E-state index in [0.29, 0.717) is 14.9 Å². The molecule has 4 rings (SSSR count). The quantitative estimate of drug-likeness (QED) is 0.419. The summed E-state index contributed by atoms with van der Waals surface area (Å²) in [4.78, 5) is 41.7. The molecule has 1 fully saturated rings. The first-order chi connectivity index (χ1) is 14.7. The number of thioether (sulfide) groups is 1. The lowest BCUT2D eigenvalue weighted by molar-refractivity contribution is -0.683. The summed E-state index contributed by atoms with van der Waals surface area (Å²) in [5.41, 5.74) is 6.57. The monoisotopic (exact) mass is 460 g/mol. The molecule has 11 heteroatoms. The zero-order valence-corrected chi connectivity index (χ0v) is 18.4. The highest BCUT2D eigenvalue weighted by Crippen LogP contribution is 2.52. The molecule has 2 aromatic rings. The van der Waals surface area contributed by atoms with E-state index in [-0.39, 0.29) is 18.2 Å². The van der Waals surface area contributed by atoms with Gasteiger partial charge in [-0.1, -0.05) is 18.7 Å². The molecule has 4 heterocycles. The second kappa shape index (κ2) is 8.06. The maximum absolute atomic E-state index is 12.4. The first-order valence-corrected chi connectivity index (χ1v) is 11.3. The molecule has 0 spiro atoms. The maximum Gasteiger partial charge on any atom is 0.283 e. The number of hydrogen-bond acceptors (Lipinski definition) is 8. The molecule has 0 bridgehead atoms.